The van der Waals surface area contributed by atoms with Crippen molar-refractivity contribution in [2.45, 2.75) is 299 Å². The molecule has 28 heteroatoms. The Balaban J connectivity index is 0.973. The van der Waals surface area contributed by atoms with Gasteiger partial charge in [-0.1, -0.05) is 61.5 Å². The first-order valence-corrected chi connectivity index (χ1v) is 32.4. The van der Waals surface area contributed by atoms with E-state index >= 15 is 0 Å². The monoisotopic (exact) mass is 1300 g/mol. The van der Waals surface area contributed by atoms with Gasteiger partial charge in [0.15, 0.2) is 43.7 Å². The fraction of sp³-hybridized carbons (Fsp3) is 0.921. The molecule has 5 aliphatic heterocycles. The fourth-order valence-electron chi connectivity index (χ4n) is 19.3. The maximum Gasteiger partial charge on any atom is 0.335 e. The summed E-state index contributed by atoms with van der Waals surface area (Å²) in [6, 6.07) is 0. The van der Waals surface area contributed by atoms with Crippen LogP contribution in [0.4, 0.5) is 0 Å². The molecule has 5 aliphatic carbocycles. The molecule has 33 atom stereocenters. The van der Waals surface area contributed by atoms with Crippen LogP contribution in [0.1, 0.15) is 140 Å². The highest BCUT2D eigenvalue weighted by atomic mass is 16.8. The van der Waals surface area contributed by atoms with Gasteiger partial charge in [-0.05, 0) is 107 Å². The van der Waals surface area contributed by atoms with Crippen LogP contribution < -0.4 is 0 Å². The molecule has 14 N–H and O–H groups in total. The Kier molecular flexibility index (Phi) is 20.0. The van der Waals surface area contributed by atoms with Gasteiger partial charge in [0.2, 0.25) is 0 Å². The minimum absolute atomic E-state index is 0.0523. The number of ether oxygens (including phenoxy) is 11. The Morgan fingerprint density at radius 2 is 1.15 bits per heavy atom. The summed E-state index contributed by atoms with van der Waals surface area (Å²) in [6.45, 7) is 19.3. The van der Waals surface area contributed by atoms with Gasteiger partial charge in [0.1, 0.15) is 91.6 Å². The molecule has 10 rings (SSSR count). The van der Waals surface area contributed by atoms with E-state index in [-0.39, 0.29) is 31.1 Å². The number of aliphatic hydroxyl groups is 13. The summed E-state index contributed by atoms with van der Waals surface area (Å²) in [4.78, 5) is 40.7. The largest absolute Gasteiger partial charge is 0.479 e. The highest BCUT2D eigenvalue weighted by Crippen LogP contribution is 2.82. The lowest BCUT2D eigenvalue weighted by Gasteiger charge is -2.75. The lowest BCUT2D eigenvalue weighted by Crippen LogP contribution is -2.77. The molecule has 91 heavy (non-hydrogen) atoms. The number of hydrogen-bond acceptors (Lipinski definition) is 27. The quantitative estimate of drug-likeness (QED) is 0.0495. The first-order chi connectivity index (χ1) is 42.5. The van der Waals surface area contributed by atoms with Gasteiger partial charge in [0, 0.05) is 28.7 Å². The summed E-state index contributed by atoms with van der Waals surface area (Å²) >= 11 is 0. The Morgan fingerprint density at radius 3 is 1.77 bits per heavy atom. The van der Waals surface area contributed by atoms with Gasteiger partial charge in [-0.3, -0.25) is 4.79 Å². The van der Waals surface area contributed by atoms with E-state index in [0.29, 0.717) is 50.5 Å². The zero-order valence-corrected chi connectivity index (χ0v) is 53.7. The molecule has 10 aliphatic rings. The molecule has 0 unspecified atom stereocenters. The number of rotatable bonds is 16. The van der Waals surface area contributed by atoms with Crippen LogP contribution >= 0.6 is 0 Å². The average molecular weight is 1310 g/mol. The first-order valence-electron chi connectivity index (χ1n) is 32.4. The SMILES string of the molecule is C/C=C(/C)C(=O)O[C@H]1[C@H](OC(=O)CCC)[C@@]23[C@H](O)C[C@]4(C)[C@@](CC[C@@H]5[C@@]6(C)CC[C@H](O[C@@H]7O[C@H](C(=O)O)[C@@H](O)[C@H](O[C@@H]8O[C@H](CO)[C@H](O)[C@H](O)[C@H]8O[C@@H]8O[C@@H](C)[C@H](O)[C@@H](O)[C@H]8O)[C@H]7O[C@@H]7O[C@H](CO)[C@H](O)[C@H](O)[C@H]7O)C(C)(C)[C@@H]6CC[C@]54C)(O[C@@H]2O)[C@@H]3CC1(C)C. The molecule has 0 aromatic rings. The van der Waals surface area contributed by atoms with E-state index in [1.807, 2.05) is 34.6 Å². The second-order valence-electron chi connectivity index (χ2n) is 29.8. The van der Waals surface area contributed by atoms with Crippen LogP contribution in [0.15, 0.2) is 11.6 Å². The van der Waals surface area contributed by atoms with Crippen LogP contribution in [-0.2, 0) is 66.5 Å². The van der Waals surface area contributed by atoms with E-state index in [4.69, 9.17) is 52.1 Å². The van der Waals surface area contributed by atoms with E-state index < -0.39 is 229 Å². The molecule has 1 spiro atoms. The van der Waals surface area contributed by atoms with Crippen molar-refractivity contribution in [1.29, 1.82) is 0 Å². The van der Waals surface area contributed by atoms with Crippen LogP contribution in [0.2, 0.25) is 0 Å². The standard InChI is InChI=1S/C63H100O28/c1-12-14-34(67)85-49-48(90-51(79)25(3)13-2)57(5,6)21-31-62-20-16-30-59(9)18-17-33(58(7,8)29(59)15-19-60(30,10)61(62,11)22-32(66)63(31,49)56(80)91-62)84-55-47(89-53-42(75)39(72)36(69)27(23-64)82-53)44(43(76)45(87-55)50(77)78)86-54-46(40(73)37(70)28(24-65)83-54)88-52-41(74)38(71)35(68)26(4)81-52/h13,26-33,35-49,52-56,64-66,68-76,80H,12,14-24H2,1-11H3,(H,77,78)/b25-13-/t26-,27+,28+,29-,30+,31-,32+,33-,35-,36-,37-,38+,39-,40-,41+,42+,43-,44-,45-,46+,47+,48-,49-,52-,53-,54-,55+,56-,59-,60+,61-,62-,63+/m0/s1. The molecule has 5 saturated heterocycles. The van der Waals surface area contributed by atoms with Crippen molar-refractivity contribution < 1.29 is 138 Å². The smallest absolute Gasteiger partial charge is 0.335 e. The molecule has 0 amide bonds. The molecule has 0 aromatic carbocycles. The molecule has 2 bridgehead atoms. The topological polar surface area (TPSA) is 436 Å². The number of allylic oxidation sites excluding steroid dienone is 1. The average Bonchev–Trinajstić information content (AvgIpc) is 1.56. The van der Waals surface area contributed by atoms with Crippen molar-refractivity contribution in [1.82, 2.24) is 0 Å². The molecule has 0 aromatic heterocycles. The molecular weight excluding hydrogens is 1200 g/mol. The third-order valence-corrected chi connectivity index (χ3v) is 24.5. The lowest BCUT2D eigenvalue weighted by atomic mass is 9.30. The van der Waals surface area contributed by atoms with Crippen molar-refractivity contribution in [3.8, 4) is 0 Å². The Labute approximate surface area is 528 Å². The zero-order chi connectivity index (χ0) is 66.9. The van der Waals surface area contributed by atoms with Crippen LogP contribution in [0.25, 0.3) is 0 Å². The molecule has 520 valence electrons. The third kappa shape index (κ3) is 11.1. The number of aliphatic carboxylic acids is 1. The minimum Gasteiger partial charge on any atom is -0.479 e. The van der Waals surface area contributed by atoms with Crippen molar-refractivity contribution >= 4 is 17.9 Å². The second-order valence-corrected chi connectivity index (χ2v) is 29.8. The first kappa shape index (κ1) is 71.1. The Hall–Kier alpha value is -2.73. The van der Waals surface area contributed by atoms with Crippen LogP contribution in [-0.4, -0.2) is 262 Å². The van der Waals surface area contributed by atoms with Gasteiger partial charge in [0.25, 0.3) is 0 Å². The van der Waals surface area contributed by atoms with Gasteiger partial charge in [-0.2, -0.15) is 0 Å². The van der Waals surface area contributed by atoms with E-state index in [1.54, 1.807) is 19.9 Å². The normalized spacial score (nSPS) is 52.6. The summed E-state index contributed by atoms with van der Waals surface area (Å²) in [5.41, 5.74) is -5.89. The van der Waals surface area contributed by atoms with E-state index in [0.717, 1.165) is 0 Å². The number of aliphatic hydroxyl groups excluding tert-OH is 13. The molecular formula is C63H100O28. The maximum atomic E-state index is 13.7. The third-order valence-electron chi connectivity index (χ3n) is 24.5. The van der Waals surface area contributed by atoms with Crippen molar-refractivity contribution in [3.05, 3.63) is 11.6 Å². The van der Waals surface area contributed by atoms with E-state index in [2.05, 4.69) is 20.8 Å². The second kappa shape index (κ2) is 25.6. The number of carbonyl (C=O) groups is 3. The lowest BCUT2D eigenvalue weighted by molar-refractivity contribution is -0.406. The molecule has 0 radical (unpaired) electrons. The van der Waals surface area contributed by atoms with Crippen molar-refractivity contribution in [2.24, 2.45) is 50.2 Å². The highest BCUT2D eigenvalue weighted by molar-refractivity contribution is 5.87. The number of fused-ring (bicyclic) bond motifs is 4. The maximum absolute atomic E-state index is 13.7. The van der Waals surface area contributed by atoms with Gasteiger partial charge >= 0.3 is 17.9 Å². The number of esters is 2. The van der Waals surface area contributed by atoms with Crippen LogP contribution in [0.5, 0.6) is 0 Å². The summed E-state index contributed by atoms with van der Waals surface area (Å²) in [5, 5.41) is 157. The van der Waals surface area contributed by atoms with Gasteiger partial charge < -0.3 is 124 Å². The van der Waals surface area contributed by atoms with Crippen LogP contribution in [0.3, 0.4) is 0 Å². The molecule has 5 heterocycles. The Morgan fingerprint density at radius 1 is 0.582 bits per heavy atom. The summed E-state index contributed by atoms with van der Waals surface area (Å²) in [6.07, 6.45) is -38.6. The van der Waals surface area contributed by atoms with Crippen LogP contribution in [0, 0.1) is 50.2 Å². The summed E-state index contributed by atoms with van der Waals surface area (Å²) < 4.78 is 69.1. The number of carbonyl (C=O) groups excluding carboxylic acids is 2. The van der Waals surface area contributed by atoms with E-state index in [9.17, 15) is 85.9 Å². The number of carboxylic acids is 1. The fourth-order valence-corrected chi connectivity index (χ4v) is 19.3. The predicted molar refractivity (Wildman–Crippen MR) is 307 cm³/mol. The minimum atomic E-state index is -2.29. The van der Waals surface area contributed by atoms with E-state index in [1.165, 1.54) is 6.92 Å². The molecule has 5 saturated carbocycles. The summed E-state index contributed by atoms with van der Waals surface area (Å²) in [5.74, 6) is -3.69. The molecule has 28 nitrogen and oxygen atoms in total. The number of carboxylic acid groups (broad SMARTS) is 1. The van der Waals surface area contributed by atoms with Gasteiger partial charge in [-0.15, -0.1) is 0 Å². The molecule has 10 fully saturated rings. The summed E-state index contributed by atoms with van der Waals surface area (Å²) in [7, 11) is 0. The highest BCUT2D eigenvalue weighted by Gasteiger charge is 2.86. The van der Waals surface area contributed by atoms with Crippen molar-refractivity contribution in [3.63, 3.8) is 0 Å². The zero-order valence-electron chi connectivity index (χ0n) is 53.7. The Bertz CT molecular complexity index is 2660. The van der Waals surface area contributed by atoms with Crippen molar-refractivity contribution in [2.75, 3.05) is 13.2 Å². The predicted octanol–water partition coefficient (Wildman–Crippen LogP) is -1.10. The number of hydrogen-bond donors (Lipinski definition) is 14. The van der Waals surface area contributed by atoms with Gasteiger partial charge in [0.05, 0.1) is 42.5 Å². The van der Waals surface area contributed by atoms with Gasteiger partial charge in [-0.25, -0.2) is 9.59 Å².